The van der Waals surface area contributed by atoms with Gasteiger partial charge in [0.1, 0.15) is 5.75 Å². The molecule has 0 unspecified atom stereocenters. The fourth-order valence-corrected chi connectivity index (χ4v) is 2.18. The number of rotatable bonds is 2. The van der Waals surface area contributed by atoms with Crippen LogP contribution in [-0.4, -0.2) is 25.7 Å². The van der Waals surface area contributed by atoms with Crippen LogP contribution in [0.4, 0.5) is 0 Å². The molecule has 2 atom stereocenters. The molecule has 3 nitrogen and oxygen atoms in total. The van der Waals surface area contributed by atoms with Gasteiger partial charge in [0.15, 0.2) is 0 Å². The predicted molar refractivity (Wildman–Crippen MR) is 61.2 cm³/mol. The average molecular weight is 206 g/mol. The summed E-state index contributed by atoms with van der Waals surface area (Å²) in [6, 6.07) is 8.18. The molecule has 0 aromatic heterocycles. The SMILES string of the molecule is COc1ccc([C@H]2CNC[C@]2(C)N)cc1. The van der Waals surface area contributed by atoms with Crippen molar-refractivity contribution in [3.05, 3.63) is 29.8 Å². The minimum absolute atomic E-state index is 0.144. The molecule has 82 valence electrons. The van der Waals surface area contributed by atoms with Crippen molar-refractivity contribution in [2.75, 3.05) is 20.2 Å². The van der Waals surface area contributed by atoms with Gasteiger partial charge in [-0.05, 0) is 24.6 Å². The van der Waals surface area contributed by atoms with Crippen LogP contribution in [0.1, 0.15) is 18.4 Å². The third-order valence-electron chi connectivity index (χ3n) is 3.17. The summed E-state index contributed by atoms with van der Waals surface area (Å²) in [6.07, 6.45) is 0. The molecule has 1 aromatic rings. The van der Waals surface area contributed by atoms with Crippen LogP contribution in [0.3, 0.4) is 0 Å². The smallest absolute Gasteiger partial charge is 0.118 e. The molecule has 1 fully saturated rings. The molecule has 0 amide bonds. The van der Waals surface area contributed by atoms with E-state index in [-0.39, 0.29) is 5.54 Å². The Morgan fingerprint density at radius 1 is 1.40 bits per heavy atom. The van der Waals surface area contributed by atoms with Crippen molar-refractivity contribution in [1.82, 2.24) is 5.32 Å². The van der Waals surface area contributed by atoms with E-state index in [1.165, 1.54) is 5.56 Å². The van der Waals surface area contributed by atoms with Gasteiger partial charge in [0.25, 0.3) is 0 Å². The number of ether oxygens (including phenoxy) is 1. The molecule has 0 aliphatic carbocycles. The third kappa shape index (κ3) is 1.98. The molecule has 3 N–H and O–H groups in total. The highest BCUT2D eigenvalue weighted by molar-refractivity contribution is 5.32. The summed E-state index contributed by atoms with van der Waals surface area (Å²) in [5, 5.41) is 3.33. The van der Waals surface area contributed by atoms with E-state index in [4.69, 9.17) is 10.5 Å². The molecule has 0 radical (unpaired) electrons. The maximum absolute atomic E-state index is 6.23. The minimum atomic E-state index is -0.144. The van der Waals surface area contributed by atoms with Crippen molar-refractivity contribution in [3.63, 3.8) is 0 Å². The van der Waals surface area contributed by atoms with E-state index < -0.39 is 0 Å². The van der Waals surface area contributed by atoms with Crippen LogP contribution < -0.4 is 15.8 Å². The van der Waals surface area contributed by atoms with Gasteiger partial charge in [0, 0.05) is 24.5 Å². The zero-order chi connectivity index (χ0) is 10.9. The first-order chi connectivity index (χ1) is 7.13. The fourth-order valence-electron chi connectivity index (χ4n) is 2.18. The van der Waals surface area contributed by atoms with E-state index in [9.17, 15) is 0 Å². The van der Waals surface area contributed by atoms with Gasteiger partial charge in [0.05, 0.1) is 7.11 Å². The topological polar surface area (TPSA) is 47.3 Å². The summed E-state index contributed by atoms with van der Waals surface area (Å²) in [6.45, 7) is 3.94. The van der Waals surface area contributed by atoms with E-state index in [1.54, 1.807) is 7.11 Å². The lowest BCUT2D eigenvalue weighted by molar-refractivity contribution is 0.413. The molecule has 0 spiro atoms. The first kappa shape index (κ1) is 10.5. The van der Waals surface area contributed by atoms with E-state index in [0.29, 0.717) is 5.92 Å². The lowest BCUT2D eigenvalue weighted by Crippen LogP contribution is -2.42. The molecular formula is C12H18N2O. The Morgan fingerprint density at radius 2 is 2.07 bits per heavy atom. The summed E-state index contributed by atoms with van der Waals surface area (Å²) in [7, 11) is 1.68. The van der Waals surface area contributed by atoms with Crippen molar-refractivity contribution >= 4 is 0 Å². The number of hydrogen-bond donors (Lipinski definition) is 2. The molecule has 15 heavy (non-hydrogen) atoms. The van der Waals surface area contributed by atoms with Gasteiger partial charge in [-0.1, -0.05) is 12.1 Å². The molecule has 1 heterocycles. The second-order valence-electron chi connectivity index (χ2n) is 4.46. The second kappa shape index (κ2) is 3.83. The molecule has 0 bridgehead atoms. The van der Waals surface area contributed by atoms with Crippen LogP contribution in [0.25, 0.3) is 0 Å². The normalized spacial score (nSPS) is 30.5. The number of nitrogens with two attached hydrogens (primary N) is 1. The van der Waals surface area contributed by atoms with Gasteiger partial charge in [-0.15, -0.1) is 0 Å². The molecule has 3 heteroatoms. The zero-order valence-corrected chi connectivity index (χ0v) is 9.29. The average Bonchev–Trinajstić information content (AvgIpc) is 2.58. The highest BCUT2D eigenvalue weighted by Crippen LogP contribution is 2.30. The van der Waals surface area contributed by atoms with Gasteiger partial charge >= 0.3 is 0 Å². The standard InChI is InChI=1S/C12H18N2O/c1-12(13)8-14-7-11(12)9-3-5-10(15-2)6-4-9/h3-6,11,14H,7-8,13H2,1-2H3/t11-,12+/m1/s1. The van der Waals surface area contributed by atoms with E-state index in [0.717, 1.165) is 18.8 Å². The van der Waals surface area contributed by atoms with Crippen LogP contribution in [-0.2, 0) is 0 Å². The lowest BCUT2D eigenvalue weighted by Gasteiger charge is -2.26. The summed E-state index contributed by atoms with van der Waals surface area (Å²) in [5.74, 6) is 1.28. The lowest BCUT2D eigenvalue weighted by atomic mass is 9.84. The number of methoxy groups -OCH3 is 1. The molecular weight excluding hydrogens is 188 g/mol. The quantitative estimate of drug-likeness (QED) is 0.761. The molecule has 1 aliphatic heterocycles. The Labute approximate surface area is 90.6 Å². The van der Waals surface area contributed by atoms with Crippen LogP contribution in [0, 0.1) is 0 Å². The summed E-state index contributed by atoms with van der Waals surface area (Å²) in [5.41, 5.74) is 7.37. The van der Waals surface area contributed by atoms with Crippen LogP contribution in [0.15, 0.2) is 24.3 Å². The van der Waals surface area contributed by atoms with Crippen molar-refractivity contribution in [1.29, 1.82) is 0 Å². The van der Waals surface area contributed by atoms with Gasteiger partial charge in [0.2, 0.25) is 0 Å². The third-order valence-corrected chi connectivity index (χ3v) is 3.17. The molecule has 0 saturated carbocycles. The van der Waals surface area contributed by atoms with E-state index >= 15 is 0 Å². The molecule has 2 rings (SSSR count). The van der Waals surface area contributed by atoms with Gasteiger partial charge < -0.3 is 15.8 Å². The van der Waals surface area contributed by atoms with E-state index in [2.05, 4.69) is 24.4 Å². The second-order valence-corrected chi connectivity index (χ2v) is 4.46. The van der Waals surface area contributed by atoms with Gasteiger partial charge in [-0.25, -0.2) is 0 Å². The highest BCUT2D eigenvalue weighted by Gasteiger charge is 2.35. The summed E-state index contributed by atoms with van der Waals surface area (Å²) in [4.78, 5) is 0. The Kier molecular flexibility index (Phi) is 2.67. The zero-order valence-electron chi connectivity index (χ0n) is 9.29. The maximum atomic E-state index is 6.23. The number of hydrogen-bond acceptors (Lipinski definition) is 3. The molecule has 1 aliphatic rings. The van der Waals surface area contributed by atoms with Crippen LogP contribution >= 0.6 is 0 Å². The maximum Gasteiger partial charge on any atom is 0.118 e. The monoisotopic (exact) mass is 206 g/mol. The van der Waals surface area contributed by atoms with Crippen LogP contribution in [0.2, 0.25) is 0 Å². The highest BCUT2D eigenvalue weighted by atomic mass is 16.5. The number of nitrogens with one attached hydrogen (secondary N) is 1. The van der Waals surface area contributed by atoms with Crippen LogP contribution in [0.5, 0.6) is 5.75 Å². The van der Waals surface area contributed by atoms with Gasteiger partial charge in [-0.3, -0.25) is 0 Å². The summed E-state index contributed by atoms with van der Waals surface area (Å²) >= 11 is 0. The Bertz CT molecular complexity index is 332. The van der Waals surface area contributed by atoms with Crippen molar-refractivity contribution < 1.29 is 4.74 Å². The largest absolute Gasteiger partial charge is 0.497 e. The van der Waals surface area contributed by atoms with Gasteiger partial charge in [-0.2, -0.15) is 0 Å². The Balaban J connectivity index is 2.22. The fraction of sp³-hybridized carbons (Fsp3) is 0.500. The van der Waals surface area contributed by atoms with E-state index in [1.807, 2.05) is 12.1 Å². The molecule has 1 saturated heterocycles. The summed E-state index contributed by atoms with van der Waals surface area (Å²) < 4.78 is 5.14. The first-order valence-corrected chi connectivity index (χ1v) is 5.27. The van der Waals surface area contributed by atoms with Crippen molar-refractivity contribution in [2.24, 2.45) is 5.73 Å². The minimum Gasteiger partial charge on any atom is -0.497 e. The predicted octanol–water partition coefficient (Wildman–Crippen LogP) is 1.10. The first-order valence-electron chi connectivity index (χ1n) is 5.27. The Hall–Kier alpha value is -1.06. The van der Waals surface area contributed by atoms with Crippen molar-refractivity contribution in [3.8, 4) is 5.75 Å². The molecule has 1 aromatic carbocycles. The van der Waals surface area contributed by atoms with Crippen molar-refractivity contribution in [2.45, 2.75) is 18.4 Å². The Morgan fingerprint density at radius 3 is 2.53 bits per heavy atom. The number of benzene rings is 1.